The predicted octanol–water partition coefficient (Wildman–Crippen LogP) is 7.42. The third kappa shape index (κ3) is 5.72. The van der Waals surface area contributed by atoms with Gasteiger partial charge in [0.25, 0.3) is 0 Å². The van der Waals surface area contributed by atoms with E-state index in [4.69, 9.17) is 17.3 Å². The summed E-state index contributed by atoms with van der Waals surface area (Å²) in [5.41, 5.74) is 7.92. The molecule has 0 radical (unpaired) electrons. The van der Waals surface area contributed by atoms with Gasteiger partial charge in [0.2, 0.25) is 0 Å². The van der Waals surface area contributed by atoms with Crippen LogP contribution >= 0.6 is 23.4 Å². The van der Waals surface area contributed by atoms with Gasteiger partial charge in [-0.1, -0.05) is 17.7 Å². The van der Waals surface area contributed by atoms with Crippen molar-refractivity contribution >= 4 is 34.7 Å². The third-order valence-corrected chi connectivity index (χ3v) is 7.58. The van der Waals surface area contributed by atoms with Crippen LogP contribution in [0.3, 0.4) is 0 Å². The Labute approximate surface area is 245 Å². The first-order chi connectivity index (χ1) is 19.8. The molecule has 4 N–H and O–H groups in total. The molecule has 0 fully saturated rings. The first-order valence-electron chi connectivity index (χ1n) is 12.2. The van der Waals surface area contributed by atoms with Crippen molar-refractivity contribution < 1.29 is 36.5 Å². The van der Waals surface area contributed by atoms with Gasteiger partial charge in [-0.15, -0.1) is 20.5 Å². The van der Waals surface area contributed by atoms with Crippen molar-refractivity contribution in [1.29, 1.82) is 0 Å². The topological polar surface area (TPSA) is 94.6 Å². The van der Waals surface area contributed by atoms with Gasteiger partial charge in [0.05, 0.1) is 23.7 Å². The number of nitrogens with one attached hydrogen (secondary N) is 1. The smallest absolute Gasteiger partial charge is 0.403 e. The molecule has 0 aliphatic carbocycles. The van der Waals surface area contributed by atoms with Crippen LogP contribution < -0.4 is 20.5 Å². The summed E-state index contributed by atoms with van der Waals surface area (Å²) in [6, 6.07) is 12.6. The molecule has 0 atom stereocenters. The lowest BCUT2D eigenvalue weighted by Crippen LogP contribution is -2.25. The van der Waals surface area contributed by atoms with Gasteiger partial charge >= 0.3 is 12.5 Å². The highest BCUT2D eigenvalue weighted by Gasteiger charge is 2.43. The normalized spacial score (nSPS) is 14.4. The number of aliphatic hydroxyl groups is 1. The van der Waals surface area contributed by atoms with Crippen LogP contribution in [0.25, 0.3) is 22.5 Å². The number of anilines is 1. The number of hydrogen-bond acceptors (Lipinski definition) is 7. The van der Waals surface area contributed by atoms with E-state index in [1.807, 2.05) is 12.3 Å². The van der Waals surface area contributed by atoms with Crippen molar-refractivity contribution in [3.63, 3.8) is 0 Å². The number of thioether (sulfide) groups is 1. The molecule has 3 aromatic carbocycles. The number of fused-ring (bicyclic) bond motifs is 1. The van der Waals surface area contributed by atoms with E-state index in [-0.39, 0.29) is 29.6 Å². The Hall–Kier alpha value is -3.94. The predicted molar refractivity (Wildman–Crippen MR) is 150 cm³/mol. The molecule has 7 nitrogen and oxygen atoms in total. The van der Waals surface area contributed by atoms with Gasteiger partial charge < -0.3 is 30.2 Å². The average molecular weight is 625 g/mol. The monoisotopic (exact) mass is 624 g/mol. The minimum Gasteiger partial charge on any atom is -0.403 e. The second-order valence-electron chi connectivity index (χ2n) is 9.10. The summed E-state index contributed by atoms with van der Waals surface area (Å²) in [5, 5.41) is 13.2. The van der Waals surface area contributed by atoms with Crippen LogP contribution in [-0.4, -0.2) is 27.2 Å². The van der Waals surface area contributed by atoms with Crippen molar-refractivity contribution in [3.05, 3.63) is 88.6 Å². The fourth-order valence-electron chi connectivity index (χ4n) is 4.46. The molecular formula is C28H22ClF5N4O3S. The lowest BCUT2D eigenvalue weighted by Gasteiger charge is -2.18. The number of hydrogen-bond donors (Lipinski definition) is 3. The zero-order chi connectivity index (χ0) is 30.4. The molecule has 4 aromatic rings. The van der Waals surface area contributed by atoms with Gasteiger partial charge in [-0.25, -0.2) is 4.98 Å². The number of aliphatic hydroxyl groups excluding tert-OH is 1. The molecule has 220 valence electrons. The molecule has 1 aliphatic rings. The maximum absolute atomic E-state index is 13.6. The SMILES string of the molecule is CSc1cc(-c2ccc(-n3cc(C(F)(F)F)nc3C)c(N/C(=C\N)c3ccc4c(c3)OC(F)(F)O4)c2)cc(Cl)c1CO. The highest BCUT2D eigenvalue weighted by Crippen LogP contribution is 2.43. The van der Waals surface area contributed by atoms with Crippen molar-refractivity contribution in [3.8, 4) is 28.3 Å². The summed E-state index contributed by atoms with van der Waals surface area (Å²) >= 11 is 7.84. The van der Waals surface area contributed by atoms with E-state index in [2.05, 4.69) is 19.8 Å². The van der Waals surface area contributed by atoms with Gasteiger partial charge in [0.15, 0.2) is 17.2 Å². The van der Waals surface area contributed by atoms with Crippen LogP contribution in [0, 0.1) is 6.92 Å². The molecule has 0 bridgehead atoms. The van der Waals surface area contributed by atoms with E-state index in [0.29, 0.717) is 38.7 Å². The van der Waals surface area contributed by atoms with Crippen LogP contribution in [-0.2, 0) is 12.8 Å². The summed E-state index contributed by atoms with van der Waals surface area (Å²) in [4.78, 5) is 4.42. The highest BCUT2D eigenvalue weighted by molar-refractivity contribution is 7.98. The number of imidazole rings is 1. The maximum Gasteiger partial charge on any atom is 0.586 e. The molecule has 14 heteroatoms. The molecule has 1 aromatic heterocycles. The maximum atomic E-state index is 13.6. The van der Waals surface area contributed by atoms with Crippen LogP contribution in [0.2, 0.25) is 5.02 Å². The lowest BCUT2D eigenvalue weighted by molar-refractivity contribution is -0.286. The fourth-order valence-corrected chi connectivity index (χ4v) is 5.47. The van der Waals surface area contributed by atoms with Crippen molar-refractivity contribution in [2.45, 2.75) is 30.9 Å². The molecule has 0 saturated heterocycles. The van der Waals surface area contributed by atoms with Gasteiger partial charge in [0.1, 0.15) is 5.82 Å². The summed E-state index contributed by atoms with van der Waals surface area (Å²) in [6.45, 7) is 1.18. The number of ether oxygens (including phenoxy) is 2. The number of benzene rings is 3. The second-order valence-corrected chi connectivity index (χ2v) is 10.4. The fraction of sp³-hybridized carbons (Fsp3) is 0.179. The zero-order valence-corrected chi connectivity index (χ0v) is 23.5. The van der Waals surface area contributed by atoms with E-state index in [1.165, 1.54) is 47.7 Å². The van der Waals surface area contributed by atoms with E-state index < -0.39 is 18.2 Å². The number of alkyl halides is 5. The third-order valence-electron chi connectivity index (χ3n) is 6.44. The number of aromatic nitrogens is 2. The number of nitrogens with two attached hydrogens (primary N) is 1. The minimum atomic E-state index is -4.67. The number of aryl methyl sites for hydroxylation is 1. The average Bonchev–Trinajstić information content (AvgIpc) is 3.48. The molecule has 0 unspecified atom stereocenters. The van der Waals surface area contributed by atoms with E-state index in [9.17, 15) is 27.1 Å². The minimum absolute atomic E-state index is 0.0710. The van der Waals surface area contributed by atoms with Crippen molar-refractivity contribution in [1.82, 2.24) is 9.55 Å². The van der Waals surface area contributed by atoms with Gasteiger partial charge in [-0.2, -0.15) is 13.2 Å². The van der Waals surface area contributed by atoms with Gasteiger partial charge in [0, 0.05) is 33.4 Å². The van der Waals surface area contributed by atoms with E-state index in [1.54, 1.807) is 24.3 Å². The first kappa shape index (κ1) is 29.5. The van der Waals surface area contributed by atoms with Crippen LogP contribution in [0.15, 0.2) is 65.8 Å². The molecule has 0 amide bonds. The molecule has 2 heterocycles. The number of halogens is 6. The summed E-state index contributed by atoms with van der Waals surface area (Å²) in [7, 11) is 0. The zero-order valence-electron chi connectivity index (χ0n) is 21.9. The summed E-state index contributed by atoms with van der Waals surface area (Å²) in [6.07, 6.45) is -4.58. The Morgan fingerprint density at radius 1 is 1.12 bits per heavy atom. The first-order valence-corrected chi connectivity index (χ1v) is 13.8. The Bertz CT molecular complexity index is 1710. The molecule has 5 rings (SSSR count). The van der Waals surface area contributed by atoms with Gasteiger partial charge in [-0.05, 0) is 66.8 Å². The van der Waals surface area contributed by atoms with E-state index >= 15 is 0 Å². The second kappa shape index (κ2) is 11.0. The largest absolute Gasteiger partial charge is 0.586 e. The Morgan fingerprint density at radius 2 is 1.86 bits per heavy atom. The highest BCUT2D eigenvalue weighted by atomic mass is 35.5. The van der Waals surface area contributed by atoms with Crippen LogP contribution in [0.1, 0.15) is 22.6 Å². The summed E-state index contributed by atoms with van der Waals surface area (Å²) in [5.74, 6) is -0.304. The number of rotatable bonds is 7. The lowest BCUT2D eigenvalue weighted by atomic mass is 10.0. The Kier molecular flexibility index (Phi) is 7.77. The molecular weight excluding hydrogens is 603 g/mol. The van der Waals surface area contributed by atoms with E-state index in [0.717, 1.165) is 11.1 Å². The van der Waals surface area contributed by atoms with Crippen LogP contribution in [0.4, 0.5) is 27.6 Å². The molecule has 1 aliphatic heterocycles. The number of nitrogens with zero attached hydrogens (tertiary/aromatic N) is 2. The van der Waals surface area contributed by atoms with Crippen molar-refractivity contribution in [2.24, 2.45) is 5.73 Å². The molecule has 0 spiro atoms. The molecule has 42 heavy (non-hydrogen) atoms. The Balaban J connectivity index is 1.62. The molecule has 0 saturated carbocycles. The van der Waals surface area contributed by atoms with Crippen molar-refractivity contribution in [2.75, 3.05) is 11.6 Å². The van der Waals surface area contributed by atoms with Crippen LogP contribution in [0.5, 0.6) is 11.5 Å². The standard InChI is InChI=1S/C28H22ClF5N4O3S/c1-14-36-26(27(30,31)32)12-38(14)22-5-3-15(17-7-19(29)18(13-39)25(10-17)42-2)8-20(22)37-21(11-35)16-4-6-23-24(9-16)41-28(33,34)40-23/h3-12,37,39H,13,35H2,1-2H3/b21-11-. The quantitative estimate of drug-likeness (QED) is 0.145. The summed E-state index contributed by atoms with van der Waals surface area (Å²) < 4.78 is 77.9. The Morgan fingerprint density at radius 3 is 2.50 bits per heavy atom. The van der Waals surface area contributed by atoms with Gasteiger partial charge in [-0.3, -0.25) is 0 Å².